The summed E-state index contributed by atoms with van der Waals surface area (Å²) in [5.41, 5.74) is 0.665. The number of phenolic OH excluding ortho intramolecular Hbond substituents is 1. The van der Waals surface area contributed by atoms with Gasteiger partial charge in [-0.25, -0.2) is 9.97 Å². The summed E-state index contributed by atoms with van der Waals surface area (Å²) in [6.45, 7) is 0. The van der Waals surface area contributed by atoms with Gasteiger partial charge in [0.1, 0.15) is 5.15 Å². The molecule has 0 amide bonds. The Balaban J connectivity index is 2.46. The van der Waals surface area contributed by atoms with E-state index in [-0.39, 0.29) is 5.75 Å². The van der Waals surface area contributed by atoms with Crippen molar-refractivity contribution in [1.82, 2.24) is 9.97 Å². The Morgan fingerprint density at radius 1 is 1.41 bits per heavy atom. The van der Waals surface area contributed by atoms with Gasteiger partial charge in [-0.05, 0) is 34.1 Å². The van der Waals surface area contributed by atoms with E-state index >= 15 is 0 Å². The van der Waals surface area contributed by atoms with Crippen molar-refractivity contribution in [3.05, 3.63) is 34.0 Å². The van der Waals surface area contributed by atoms with E-state index in [2.05, 4.69) is 25.9 Å². The van der Waals surface area contributed by atoms with E-state index in [1.807, 2.05) is 0 Å². The van der Waals surface area contributed by atoms with Gasteiger partial charge < -0.3 is 9.84 Å². The zero-order chi connectivity index (χ0) is 12.4. The smallest absolute Gasteiger partial charge is 0.161 e. The SMILES string of the molecule is COc1ccc(-c2ncc(Br)c(Cl)n2)cc1O. The third-order valence-corrected chi connectivity index (χ3v) is 3.24. The van der Waals surface area contributed by atoms with Crippen molar-refractivity contribution in [1.29, 1.82) is 0 Å². The molecule has 0 saturated heterocycles. The van der Waals surface area contributed by atoms with E-state index in [9.17, 15) is 5.11 Å². The second kappa shape index (κ2) is 4.89. The van der Waals surface area contributed by atoms with Gasteiger partial charge in [-0.2, -0.15) is 0 Å². The Kier molecular flexibility index (Phi) is 3.49. The number of methoxy groups -OCH3 is 1. The summed E-state index contributed by atoms with van der Waals surface area (Å²) in [6, 6.07) is 4.92. The van der Waals surface area contributed by atoms with Crippen LogP contribution in [0.4, 0.5) is 0 Å². The summed E-state index contributed by atoms with van der Waals surface area (Å²) in [5, 5.41) is 9.98. The number of aromatic hydroxyl groups is 1. The van der Waals surface area contributed by atoms with E-state index in [1.165, 1.54) is 13.2 Å². The van der Waals surface area contributed by atoms with Gasteiger partial charge in [0.05, 0.1) is 11.6 Å². The first-order chi connectivity index (χ1) is 8.11. The zero-order valence-electron chi connectivity index (χ0n) is 8.82. The number of ether oxygens (including phenoxy) is 1. The lowest BCUT2D eigenvalue weighted by molar-refractivity contribution is 0.373. The maximum atomic E-state index is 9.65. The number of hydrogen-bond acceptors (Lipinski definition) is 4. The molecule has 0 radical (unpaired) electrons. The number of rotatable bonds is 2. The van der Waals surface area contributed by atoms with Crippen molar-refractivity contribution in [2.24, 2.45) is 0 Å². The predicted molar refractivity (Wildman–Crippen MR) is 68.4 cm³/mol. The molecule has 2 rings (SSSR count). The maximum absolute atomic E-state index is 9.65. The van der Waals surface area contributed by atoms with Gasteiger partial charge in [0, 0.05) is 11.8 Å². The molecule has 0 saturated carbocycles. The van der Waals surface area contributed by atoms with Gasteiger partial charge >= 0.3 is 0 Å². The minimum atomic E-state index is 0.0349. The summed E-state index contributed by atoms with van der Waals surface area (Å²) in [4.78, 5) is 8.21. The van der Waals surface area contributed by atoms with Gasteiger partial charge in [0.25, 0.3) is 0 Å². The molecule has 0 aliphatic rings. The largest absolute Gasteiger partial charge is 0.504 e. The molecule has 0 unspecified atom stereocenters. The normalized spacial score (nSPS) is 10.3. The maximum Gasteiger partial charge on any atom is 0.161 e. The highest BCUT2D eigenvalue weighted by Gasteiger charge is 2.08. The van der Waals surface area contributed by atoms with Crippen LogP contribution in [0.25, 0.3) is 11.4 Å². The summed E-state index contributed by atoms with van der Waals surface area (Å²) >= 11 is 9.09. The fraction of sp³-hybridized carbons (Fsp3) is 0.0909. The summed E-state index contributed by atoms with van der Waals surface area (Å²) in [7, 11) is 1.49. The van der Waals surface area contributed by atoms with Crippen LogP contribution in [0.5, 0.6) is 11.5 Å². The Morgan fingerprint density at radius 3 is 2.76 bits per heavy atom. The van der Waals surface area contributed by atoms with Gasteiger partial charge in [0.2, 0.25) is 0 Å². The minimum Gasteiger partial charge on any atom is -0.504 e. The molecular weight excluding hydrogens is 307 g/mol. The highest BCUT2D eigenvalue weighted by molar-refractivity contribution is 9.10. The van der Waals surface area contributed by atoms with Crippen molar-refractivity contribution in [3.8, 4) is 22.9 Å². The first-order valence-corrected chi connectivity index (χ1v) is 5.84. The number of halogens is 2. The molecule has 0 aliphatic carbocycles. The van der Waals surface area contributed by atoms with Gasteiger partial charge in [-0.1, -0.05) is 11.6 Å². The van der Waals surface area contributed by atoms with Crippen LogP contribution in [0, 0.1) is 0 Å². The molecule has 6 heteroatoms. The van der Waals surface area contributed by atoms with Crippen LogP contribution in [-0.4, -0.2) is 22.2 Å². The van der Waals surface area contributed by atoms with Crippen LogP contribution in [0.2, 0.25) is 5.15 Å². The molecular formula is C11H8BrClN2O2. The van der Waals surface area contributed by atoms with E-state index in [1.54, 1.807) is 18.3 Å². The molecule has 1 aromatic carbocycles. The molecule has 88 valence electrons. The van der Waals surface area contributed by atoms with Crippen molar-refractivity contribution < 1.29 is 9.84 Å². The molecule has 0 fully saturated rings. The monoisotopic (exact) mass is 314 g/mol. The average molecular weight is 316 g/mol. The lowest BCUT2D eigenvalue weighted by atomic mass is 10.2. The third-order valence-electron chi connectivity index (χ3n) is 2.14. The standard InChI is InChI=1S/C11H8BrClN2O2/c1-17-9-3-2-6(4-8(9)16)11-14-5-7(12)10(13)15-11/h2-5,16H,1H3. The van der Waals surface area contributed by atoms with E-state index in [0.717, 1.165) is 0 Å². The highest BCUT2D eigenvalue weighted by Crippen LogP contribution is 2.31. The van der Waals surface area contributed by atoms with Crippen LogP contribution in [-0.2, 0) is 0 Å². The molecule has 1 N–H and O–H groups in total. The third kappa shape index (κ3) is 2.50. The van der Waals surface area contributed by atoms with Crippen LogP contribution in [0.15, 0.2) is 28.9 Å². The topological polar surface area (TPSA) is 55.2 Å². The molecule has 1 heterocycles. The number of aromatic nitrogens is 2. The van der Waals surface area contributed by atoms with Gasteiger partial charge in [0.15, 0.2) is 17.3 Å². The fourth-order valence-corrected chi connectivity index (χ4v) is 1.63. The lowest BCUT2D eigenvalue weighted by Gasteiger charge is -2.05. The van der Waals surface area contributed by atoms with Crippen molar-refractivity contribution in [2.45, 2.75) is 0 Å². The number of benzene rings is 1. The van der Waals surface area contributed by atoms with Crippen molar-refractivity contribution in [2.75, 3.05) is 7.11 Å². The van der Waals surface area contributed by atoms with Crippen molar-refractivity contribution >= 4 is 27.5 Å². The van der Waals surface area contributed by atoms with E-state index in [4.69, 9.17) is 16.3 Å². The average Bonchev–Trinajstić information content (AvgIpc) is 2.32. The number of hydrogen-bond donors (Lipinski definition) is 1. The Bertz CT molecular complexity index is 563. The number of phenols is 1. The lowest BCUT2D eigenvalue weighted by Crippen LogP contribution is -1.90. The molecule has 0 aliphatic heterocycles. The summed E-state index contributed by atoms with van der Waals surface area (Å²) in [6.07, 6.45) is 1.56. The van der Waals surface area contributed by atoms with Gasteiger partial charge in [-0.15, -0.1) is 0 Å². The Morgan fingerprint density at radius 2 is 2.18 bits per heavy atom. The minimum absolute atomic E-state index is 0.0349. The van der Waals surface area contributed by atoms with E-state index < -0.39 is 0 Å². The molecule has 0 bridgehead atoms. The second-order valence-electron chi connectivity index (χ2n) is 3.22. The quantitative estimate of drug-likeness (QED) is 0.864. The number of nitrogens with zero attached hydrogens (tertiary/aromatic N) is 2. The Labute approximate surface area is 111 Å². The summed E-state index contributed by atoms with van der Waals surface area (Å²) < 4.78 is 5.58. The van der Waals surface area contributed by atoms with E-state index in [0.29, 0.717) is 26.8 Å². The van der Waals surface area contributed by atoms with Crippen LogP contribution < -0.4 is 4.74 Å². The zero-order valence-corrected chi connectivity index (χ0v) is 11.2. The fourth-order valence-electron chi connectivity index (χ4n) is 1.31. The highest BCUT2D eigenvalue weighted by atomic mass is 79.9. The molecule has 1 aromatic heterocycles. The molecule has 0 spiro atoms. The van der Waals surface area contributed by atoms with Crippen LogP contribution >= 0.6 is 27.5 Å². The van der Waals surface area contributed by atoms with Gasteiger partial charge in [-0.3, -0.25) is 0 Å². The van der Waals surface area contributed by atoms with Crippen molar-refractivity contribution in [3.63, 3.8) is 0 Å². The Hall–Kier alpha value is -1.33. The molecule has 17 heavy (non-hydrogen) atoms. The first-order valence-electron chi connectivity index (χ1n) is 4.67. The molecule has 4 nitrogen and oxygen atoms in total. The first kappa shape index (κ1) is 12.1. The van der Waals surface area contributed by atoms with Crippen LogP contribution in [0.3, 0.4) is 0 Å². The predicted octanol–water partition coefficient (Wildman–Crippen LogP) is 3.27. The second-order valence-corrected chi connectivity index (χ2v) is 4.43. The van der Waals surface area contributed by atoms with Crippen LogP contribution in [0.1, 0.15) is 0 Å². The molecule has 2 aromatic rings. The molecule has 0 atom stereocenters. The summed E-state index contributed by atoms with van der Waals surface area (Å²) in [5.74, 6) is 0.876.